The molecule has 3 rings (SSSR count). The molecule has 170 valence electrons. The summed E-state index contributed by atoms with van der Waals surface area (Å²) in [4.78, 5) is 27.4. The summed E-state index contributed by atoms with van der Waals surface area (Å²) in [6, 6.07) is 8.76. The van der Waals surface area contributed by atoms with Crippen molar-refractivity contribution in [3.05, 3.63) is 80.3 Å². The van der Waals surface area contributed by atoms with Gasteiger partial charge in [0.2, 0.25) is 0 Å². The summed E-state index contributed by atoms with van der Waals surface area (Å²) < 4.78 is 11.2. The van der Waals surface area contributed by atoms with Crippen LogP contribution in [0.4, 0.5) is 0 Å². The van der Waals surface area contributed by atoms with E-state index in [0.717, 1.165) is 22.7 Å². The lowest BCUT2D eigenvalue weighted by atomic mass is 10.1. The van der Waals surface area contributed by atoms with Gasteiger partial charge in [0, 0.05) is 22.0 Å². The first-order chi connectivity index (χ1) is 15.4. The average Bonchev–Trinajstić information content (AvgIpc) is 3.31. The molecule has 0 fully saturated rings. The molecule has 2 unspecified atom stereocenters. The maximum atomic E-state index is 11.3. The van der Waals surface area contributed by atoms with Crippen LogP contribution in [0, 0.1) is 0 Å². The Labute approximate surface area is 206 Å². The summed E-state index contributed by atoms with van der Waals surface area (Å²) in [5, 5.41) is 0. The van der Waals surface area contributed by atoms with Crippen molar-refractivity contribution in [3.8, 4) is 0 Å². The molecule has 0 radical (unpaired) electrons. The highest BCUT2D eigenvalue weighted by molar-refractivity contribution is 8.23. The Bertz CT molecular complexity index is 893. The minimum absolute atomic E-state index is 0.317. The van der Waals surface area contributed by atoms with E-state index >= 15 is 0 Å². The van der Waals surface area contributed by atoms with Gasteiger partial charge >= 0.3 is 11.9 Å². The predicted octanol–water partition coefficient (Wildman–Crippen LogP) is 6.31. The lowest BCUT2D eigenvalue weighted by Crippen LogP contribution is -2.05. The van der Waals surface area contributed by atoms with Gasteiger partial charge in [-0.15, -0.1) is 47.0 Å². The van der Waals surface area contributed by atoms with Gasteiger partial charge in [0.25, 0.3) is 0 Å². The van der Waals surface area contributed by atoms with Gasteiger partial charge in [-0.1, -0.05) is 37.4 Å². The third kappa shape index (κ3) is 7.27. The first kappa shape index (κ1) is 25.1. The van der Waals surface area contributed by atoms with Crippen LogP contribution in [0.25, 0.3) is 0 Å². The number of rotatable bonds is 10. The molecular weight excluding hydrogens is 481 g/mol. The van der Waals surface area contributed by atoms with Crippen molar-refractivity contribution in [2.24, 2.45) is 0 Å². The van der Waals surface area contributed by atoms with Crippen LogP contribution in [0.5, 0.6) is 0 Å². The second-order valence-corrected chi connectivity index (χ2v) is 13.2. The normalized spacial score (nSPS) is 20.4. The summed E-state index contributed by atoms with van der Waals surface area (Å²) in [5.74, 6) is -0.775. The number of carbonyl (C=O) groups is 2. The highest BCUT2D eigenvalue weighted by Crippen LogP contribution is 2.48. The highest BCUT2D eigenvalue weighted by atomic mass is 32.2. The molecule has 4 nitrogen and oxygen atoms in total. The molecule has 2 atom stereocenters. The monoisotopic (exact) mass is 506 g/mol. The van der Waals surface area contributed by atoms with E-state index in [1.54, 1.807) is 23.5 Å². The number of ether oxygens (including phenoxy) is 2. The molecule has 0 bridgehead atoms. The zero-order valence-corrected chi connectivity index (χ0v) is 21.4. The summed E-state index contributed by atoms with van der Waals surface area (Å²) in [5.41, 5.74) is 2.62. The van der Waals surface area contributed by atoms with E-state index in [0.29, 0.717) is 22.4 Å². The topological polar surface area (TPSA) is 52.6 Å². The summed E-state index contributed by atoms with van der Waals surface area (Å²) in [6.07, 6.45) is 4.29. The first-order valence-corrected chi connectivity index (χ1v) is 13.6. The Morgan fingerprint density at radius 2 is 1.28 bits per heavy atom. The molecule has 0 aromatic heterocycles. The van der Waals surface area contributed by atoms with Crippen LogP contribution < -0.4 is 0 Å². The van der Waals surface area contributed by atoms with E-state index in [9.17, 15) is 9.59 Å². The molecule has 0 aliphatic carbocycles. The van der Waals surface area contributed by atoms with E-state index in [2.05, 4.69) is 51.3 Å². The number of hydrogen-bond acceptors (Lipinski definition) is 8. The van der Waals surface area contributed by atoms with E-state index in [1.807, 2.05) is 23.5 Å². The highest BCUT2D eigenvalue weighted by Gasteiger charge is 2.26. The number of esters is 2. The molecule has 0 spiro atoms. The van der Waals surface area contributed by atoms with Crippen LogP contribution in [-0.2, 0) is 31.9 Å². The van der Waals surface area contributed by atoms with Gasteiger partial charge in [-0.25, -0.2) is 9.59 Å². The molecule has 0 saturated heterocycles. The summed E-state index contributed by atoms with van der Waals surface area (Å²) >= 11 is 7.24. The molecule has 8 heteroatoms. The summed E-state index contributed by atoms with van der Waals surface area (Å²) in [6.45, 7) is 11.7. The minimum Gasteiger partial charge on any atom is -0.457 e. The van der Waals surface area contributed by atoms with Gasteiger partial charge < -0.3 is 9.47 Å². The fraction of sp³-hybridized carbons (Fsp3) is 0.333. The number of allylic oxidation sites excluding steroid dienone is 2. The van der Waals surface area contributed by atoms with Crippen LogP contribution in [-0.4, -0.2) is 34.3 Å². The smallest absolute Gasteiger partial charge is 0.330 e. The standard InChI is InChI=1S/C24H26O4S4/c1-5-21(25)27-13-19-15(3)29-23(31-19)11-17-8-7-9-18(10-17)12-24-30-16(4)20(32-24)14-28-22(26)6-2/h5-10,23-24H,1-2,11-14H2,3-4H3. The van der Waals surface area contributed by atoms with Crippen LogP contribution in [0.15, 0.2) is 69.2 Å². The second kappa shape index (κ2) is 12.1. The van der Waals surface area contributed by atoms with Gasteiger partial charge in [0.05, 0.1) is 9.16 Å². The van der Waals surface area contributed by atoms with E-state index in [4.69, 9.17) is 9.47 Å². The Hall–Kier alpha value is -1.48. The maximum Gasteiger partial charge on any atom is 0.330 e. The number of hydrogen-bond donors (Lipinski definition) is 0. The quantitative estimate of drug-likeness (QED) is 0.270. The zero-order valence-electron chi connectivity index (χ0n) is 18.1. The largest absolute Gasteiger partial charge is 0.457 e. The maximum absolute atomic E-state index is 11.3. The molecule has 0 saturated carbocycles. The SMILES string of the molecule is C=CC(=O)OCC1=C(C)SC(Cc2cccc(CC3SC(C)=C(COC(=O)C=C)S3)c2)S1. The van der Waals surface area contributed by atoms with Gasteiger partial charge in [0.1, 0.15) is 13.2 Å². The molecule has 0 N–H and O–H groups in total. The van der Waals surface area contributed by atoms with Gasteiger partial charge in [0.15, 0.2) is 0 Å². The molecule has 32 heavy (non-hydrogen) atoms. The average molecular weight is 507 g/mol. The Morgan fingerprint density at radius 1 is 0.844 bits per heavy atom. The van der Waals surface area contributed by atoms with Crippen LogP contribution in [0.1, 0.15) is 25.0 Å². The third-order valence-electron chi connectivity index (χ3n) is 4.77. The van der Waals surface area contributed by atoms with Crippen molar-refractivity contribution >= 4 is 59.0 Å². The van der Waals surface area contributed by atoms with E-state index < -0.39 is 0 Å². The molecule has 1 aromatic carbocycles. The van der Waals surface area contributed by atoms with Gasteiger partial charge in [-0.3, -0.25) is 0 Å². The molecule has 2 aliphatic heterocycles. The third-order valence-corrected chi connectivity index (χ3v) is 10.5. The molecular formula is C24H26O4S4. The first-order valence-electron chi connectivity index (χ1n) is 10.1. The minimum atomic E-state index is -0.388. The van der Waals surface area contributed by atoms with E-state index in [1.165, 1.54) is 33.1 Å². The van der Waals surface area contributed by atoms with Crippen molar-refractivity contribution in [1.29, 1.82) is 0 Å². The lowest BCUT2D eigenvalue weighted by Gasteiger charge is -2.13. The summed E-state index contributed by atoms with van der Waals surface area (Å²) in [7, 11) is 0. The number of thioether (sulfide) groups is 4. The predicted molar refractivity (Wildman–Crippen MR) is 140 cm³/mol. The van der Waals surface area contributed by atoms with Crippen LogP contribution in [0.3, 0.4) is 0 Å². The van der Waals surface area contributed by atoms with Crippen LogP contribution in [0.2, 0.25) is 0 Å². The fourth-order valence-corrected chi connectivity index (χ4v) is 9.17. The Balaban J connectivity index is 1.50. The second-order valence-electron chi connectivity index (χ2n) is 7.14. The van der Waals surface area contributed by atoms with Crippen molar-refractivity contribution in [2.75, 3.05) is 13.2 Å². The van der Waals surface area contributed by atoms with Crippen molar-refractivity contribution < 1.29 is 19.1 Å². The Kier molecular flexibility index (Phi) is 9.52. The molecule has 0 amide bonds. The van der Waals surface area contributed by atoms with Crippen LogP contribution >= 0.6 is 47.0 Å². The van der Waals surface area contributed by atoms with Crippen molar-refractivity contribution in [1.82, 2.24) is 0 Å². The zero-order chi connectivity index (χ0) is 23.1. The van der Waals surface area contributed by atoms with Gasteiger partial charge in [-0.05, 0) is 47.6 Å². The molecule has 1 aromatic rings. The Morgan fingerprint density at radius 3 is 1.69 bits per heavy atom. The number of benzene rings is 1. The molecule has 2 aliphatic rings. The molecule has 2 heterocycles. The lowest BCUT2D eigenvalue weighted by molar-refractivity contribution is -0.137. The van der Waals surface area contributed by atoms with Crippen molar-refractivity contribution in [2.45, 2.75) is 35.9 Å². The van der Waals surface area contributed by atoms with Gasteiger partial charge in [-0.2, -0.15) is 0 Å². The fourth-order valence-electron chi connectivity index (χ4n) is 3.15. The van der Waals surface area contributed by atoms with E-state index in [-0.39, 0.29) is 11.9 Å². The van der Waals surface area contributed by atoms with Crippen molar-refractivity contribution in [3.63, 3.8) is 0 Å². The number of carbonyl (C=O) groups excluding carboxylic acids is 2.